The lowest BCUT2D eigenvalue weighted by atomic mass is 10.0. The molecule has 0 amide bonds. The molecule has 0 saturated carbocycles. The molecule has 1 aromatic carbocycles. The topological polar surface area (TPSA) is 41.7 Å². The van der Waals surface area contributed by atoms with Crippen LogP contribution in [0.4, 0.5) is 0 Å². The molecule has 2 unspecified atom stereocenters. The van der Waals surface area contributed by atoms with Gasteiger partial charge in [-0.2, -0.15) is 0 Å². The van der Waals surface area contributed by atoms with Gasteiger partial charge in [0.1, 0.15) is 5.75 Å². The third kappa shape index (κ3) is 4.19. The zero-order chi connectivity index (χ0) is 15.4. The van der Waals surface area contributed by atoms with Crippen molar-refractivity contribution in [2.75, 3.05) is 40.8 Å². The summed E-state index contributed by atoms with van der Waals surface area (Å²) < 4.78 is 5.47. The van der Waals surface area contributed by atoms with Crippen LogP contribution in [0.1, 0.15) is 30.0 Å². The van der Waals surface area contributed by atoms with E-state index in [0.717, 1.165) is 30.9 Å². The Bertz CT molecular complexity index is 461. The first kappa shape index (κ1) is 16.3. The average molecular weight is 291 g/mol. The van der Waals surface area contributed by atoms with E-state index >= 15 is 0 Å². The van der Waals surface area contributed by atoms with E-state index in [9.17, 15) is 0 Å². The van der Waals surface area contributed by atoms with Gasteiger partial charge in [0.05, 0.1) is 7.11 Å². The summed E-state index contributed by atoms with van der Waals surface area (Å²) in [6.07, 6.45) is 2.55. The minimum absolute atomic E-state index is 0.00242. The Balaban J connectivity index is 2.07. The molecule has 4 nitrogen and oxygen atoms in total. The molecule has 21 heavy (non-hydrogen) atoms. The summed E-state index contributed by atoms with van der Waals surface area (Å²) in [7, 11) is 5.99. The molecule has 0 aromatic heterocycles. The standard InChI is InChI=1S/C17H29N3O/c1-13-7-8-17(21-4)15(10-13)16(18)12-20-9-5-6-14(20)11-19(2)3/h7-8,10,14,16H,5-6,9,11-12,18H2,1-4H3. The second kappa shape index (κ2) is 7.25. The average Bonchev–Trinajstić information content (AvgIpc) is 2.85. The Morgan fingerprint density at radius 3 is 2.86 bits per heavy atom. The minimum Gasteiger partial charge on any atom is -0.496 e. The van der Waals surface area contributed by atoms with Crippen LogP contribution in [0.2, 0.25) is 0 Å². The van der Waals surface area contributed by atoms with Gasteiger partial charge < -0.3 is 15.4 Å². The van der Waals surface area contributed by atoms with Crippen LogP contribution in [0.25, 0.3) is 0 Å². The number of hydrogen-bond donors (Lipinski definition) is 1. The quantitative estimate of drug-likeness (QED) is 0.871. The Hall–Kier alpha value is -1.10. The summed E-state index contributed by atoms with van der Waals surface area (Å²) in [5.74, 6) is 0.899. The van der Waals surface area contributed by atoms with Crippen molar-refractivity contribution in [1.29, 1.82) is 0 Å². The third-order valence-corrected chi connectivity index (χ3v) is 4.29. The van der Waals surface area contributed by atoms with E-state index in [1.807, 2.05) is 6.07 Å². The largest absolute Gasteiger partial charge is 0.496 e. The van der Waals surface area contributed by atoms with E-state index in [1.54, 1.807) is 7.11 Å². The number of benzene rings is 1. The van der Waals surface area contributed by atoms with E-state index in [4.69, 9.17) is 10.5 Å². The summed E-state index contributed by atoms with van der Waals surface area (Å²) in [4.78, 5) is 4.80. The normalized spacial score (nSPS) is 21.0. The molecular weight excluding hydrogens is 262 g/mol. The van der Waals surface area contributed by atoms with Gasteiger partial charge in [-0.15, -0.1) is 0 Å². The number of likely N-dealkylation sites (N-methyl/N-ethyl adjacent to an activating group) is 1. The van der Waals surface area contributed by atoms with Gasteiger partial charge in [-0.05, 0) is 46.5 Å². The van der Waals surface area contributed by atoms with Gasteiger partial charge in [0, 0.05) is 30.7 Å². The molecule has 1 saturated heterocycles. The van der Waals surface area contributed by atoms with E-state index < -0.39 is 0 Å². The smallest absolute Gasteiger partial charge is 0.123 e. The fourth-order valence-corrected chi connectivity index (χ4v) is 3.26. The molecule has 0 spiro atoms. The van der Waals surface area contributed by atoms with Gasteiger partial charge in [-0.1, -0.05) is 17.7 Å². The van der Waals surface area contributed by atoms with E-state index in [2.05, 4.69) is 43.0 Å². The van der Waals surface area contributed by atoms with Crippen molar-refractivity contribution in [3.05, 3.63) is 29.3 Å². The molecule has 1 fully saturated rings. The molecule has 0 radical (unpaired) electrons. The van der Waals surface area contributed by atoms with Crippen molar-refractivity contribution in [1.82, 2.24) is 9.80 Å². The zero-order valence-electron chi connectivity index (χ0n) is 13.8. The number of aryl methyl sites for hydroxylation is 1. The van der Waals surface area contributed by atoms with E-state index in [1.165, 1.54) is 18.4 Å². The molecule has 0 aliphatic carbocycles. The van der Waals surface area contributed by atoms with Crippen LogP contribution in [0.5, 0.6) is 5.75 Å². The highest BCUT2D eigenvalue weighted by Crippen LogP contribution is 2.27. The van der Waals surface area contributed by atoms with E-state index in [-0.39, 0.29) is 6.04 Å². The van der Waals surface area contributed by atoms with Crippen LogP contribution in [0, 0.1) is 6.92 Å². The summed E-state index contributed by atoms with van der Waals surface area (Å²) in [5.41, 5.74) is 8.83. The first-order chi connectivity index (χ1) is 10.0. The molecule has 1 heterocycles. The Morgan fingerprint density at radius 2 is 2.19 bits per heavy atom. The lowest BCUT2D eigenvalue weighted by Gasteiger charge is -2.29. The molecule has 2 N–H and O–H groups in total. The molecule has 1 aliphatic heterocycles. The molecular formula is C17H29N3O. The zero-order valence-corrected chi connectivity index (χ0v) is 13.8. The highest BCUT2D eigenvalue weighted by Gasteiger charge is 2.27. The Kier molecular flexibility index (Phi) is 5.62. The van der Waals surface area contributed by atoms with Crippen molar-refractivity contribution in [2.45, 2.75) is 31.8 Å². The first-order valence-electron chi connectivity index (χ1n) is 7.80. The lowest BCUT2D eigenvalue weighted by Crippen LogP contribution is -2.41. The predicted molar refractivity (Wildman–Crippen MR) is 87.8 cm³/mol. The Morgan fingerprint density at radius 1 is 1.43 bits per heavy atom. The third-order valence-electron chi connectivity index (χ3n) is 4.29. The van der Waals surface area contributed by atoms with Gasteiger partial charge in [0.25, 0.3) is 0 Å². The van der Waals surface area contributed by atoms with Crippen LogP contribution >= 0.6 is 0 Å². The maximum atomic E-state index is 6.48. The van der Waals surface area contributed by atoms with Gasteiger partial charge in [-0.3, -0.25) is 4.90 Å². The van der Waals surface area contributed by atoms with Gasteiger partial charge in [0.2, 0.25) is 0 Å². The molecule has 2 rings (SSSR count). The van der Waals surface area contributed by atoms with Crippen molar-refractivity contribution in [3.8, 4) is 5.75 Å². The fraction of sp³-hybridized carbons (Fsp3) is 0.647. The van der Waals surface area contributed by atoms with Crippen molar-refractivity contribution >= 4 is 0 Å². The number of rotatable bonds is 6. The summed E-state index contributed by atoms with van der Waals surface area (Å²) >= 11 is 0. The first-order valence-corrected chi connectivity index (χ1v) is 7.80. The molecule has 0 bridgehead atoms. The maximum absolute atomic E-state index is 6.48. The van der Waals surface area contributed by atoms with Gasteiger partial charge in [0.15, 0.2) is 0 Å². The number of ether oxygens (including phenoxy) is 1. The number of likely N-dealkylation sites (tertiary alicyclic amines) is 1. The SMILES string of the molecule is COc1ccc(C)cc1C(N)CN1CCCC1CN(C)C. The van der Waals surface area contributed by atoms with Crippen molar-refractivity contribution < 1.29 is 4.74 Å². The minimum atomic E-state index is 0.00242. The molecule has 4 heteroatoms. The van der Waals surface area contributed by atoms with Crippen molar-refractivity contribution in [2.24, 2.45) is 5.73 Å². The van der Waals surface area contributed by atoms with E-state index in [0.29, 0.717) is 6.04 Å². The molecule has 1 aliphatic rings. The van der Waals surface area contributed by atoms with Crippen LogP contribution in [0.3, 0.4) is 0 Å². The number of hydrogen-bond acceptors (Lipinski definition) is 4. The van der Waals surface area contributed by atoms with Crippen molar-refractivity contribution in [3.63, 3.8) is 0 Å². The maximum Gasteiger partial charge on any atom is 0.123 e. The summed E-state index contributed by atoms with van der Waals surface area (Å²) in [5, 5.41) is 0. The second-order valence-corrected chi connectivity index (χ2v) is 6.41. The highest BCUT2D eigenvalue weighted by atomic mass is 16.5. The van der Waals surface area contributed by atoms with Crippen LogP contribution < -0.4 is 10.5 Å². The lowest BCUT2D eigenvalue weighted by molar-refractivity contribution is 0.197. The predicted octanol–water partition coefficient (Wildman–Crippen LogP) is 2.03. The highest BCUT2D eigenvalue weighted by molar-refractivity contribution is 5.39. The fourth-order valence-electron chi connectivity index (χ4n) is 3.26. The van der Waals surface area contributed by atoms with Crippen LogP contribution in [-0.4, -0.2) is 56.7 Å². The summed E-state index contributed by atoms with van der Waals surface area (Å²) in [6.45, 7) is 5.26. The van der Waals surface area contributed by atoms with Crippen LogP contribution in [-0.2, 0) is 0 Å². The van der Waals surface area contributed by atoms with Gasteiger partial charge >= 0.3 is 0 Å². The number of methoxy groups -OCH3 is 1. The molecule has 1 aromatic rings. The monoisotopic (exact) mass is 291 g/mol. The number of nitrogens with zero attached hydrogens (tertiary/aromatic N) is 2. The molecule has 118 valence electrons. The van der Waals surface area contributed by atoms with Gasteiger partial charge in [-0.25, -0.2) is 0 Å². The Labute approximate surface area is 128 Å². The summed E-state index contributed by atoms with van der Waals surface area (Å²) in [6, 6.07) is 6.87. The number of nitrogens with two attached hydrogens (primary N) is 1. The second-order valence-electron chi connectivity index (χ2n) is 6.41. The van der Waals surface area contributed by atoms with Crippen LogP contribution in [0.15, 0.2) is 18.2 Å². The molecule has 2 atom stereocenters.